The van der Waals surface area contributed by atoms with Crippen molar-refractivity contribution in [3.05, 3.63) is 188 Å². The average molecular weight is 638 g/mol. The minimum absolute atomic E-state index is 0.872. The summed E-state index contributed by atoms with van der Waals surface area (Å²) >= 11 is 0. The van der Waals surface area contributed by atoms with Gasteiger partial charge < -0.3 is 9.32 Å². The molecule has 10 aromatic rings. The predicted octanol–water partition coefficient (Wildman–Crippen LogP) is 13.8. The average Bonchev–Trinajstić information content (AvgIpc) is 3.58. The largest absolute Gasteiger partial charge is 0.454 e. The highest BCUT2D eigenvalue weighted by Gasteiger charge is 2.20. The highest BCUT2D eigenvalue weighted by Crippen LogP contribution is 2.43. The van der Waals surface area contributed by atoms with E-state index < -0.39 is 0 Å². The molecular weight excluding hydrogens is 607 g/mol. The smallest absolute Gasteiger partial charge is 0.159 e. The fraction of sp³-hybridized carbons (Fsp3) is 0. The molecule has 0 saturated carbocycles. The molecule has 0 aliphatic carbocycles. The summed E-state index contributed by atoms with van der Waals surface area (Å²) < 4.78 is 6.58. The first-order valence-corrected chi connectivity index (χ1v) is 17.1. The molecule has 234 valence electrons. The number of hydrogen-bond donors (Lipinski definition) is 0. The molecule has 1 heterocycles. The lowest BCUT2D eigenvalue weighted by atomic mass is 9.93. The first-order chi connectivity index (χ1) is 24.8. The Hall–Kier alpha value is -6.64. The Morgan fingerprint density at radius 2 is 0.920 bits per heavy atom. The van der Waals surface area contributed by atoms with Gasteiger partial charge in [0.2, 0.25) is 0 Å². The molecule has 50 heavy (non-hydrogen) atoms. The lowest BCUT2D eigenvalue weighted by Gasteiger charge is -2.26. The molecule has 10 rings (SSSR count). The highest BCUT2D eigenvalue weighted by molar-refractivity contribution is 6.14. The highest BCUT2D eigenvalue weighted by atomic mass is 16.3. The van der Waals surface area contributed by atoms with Crippen LogP contribution in [0.5, 0.6) is 0 Å². The number of anilines is 3. The van der Waals surface area contributed by atoms with Crippen molar-refractivity contribution in [3.8, 4) is 22.3 Å². The Bertz CT molecular complexity index is 2860. The molecule has 2 heteroatoms. The van der Waals surface area contributed by atoms with Crippen molar-refractivity contribution in [1.29, 1.82) is 0 Å². The zero-order valence-corrected chi connectivity index (χ0v) is 27.3. The number of furan rings is 1. The molecule has 0 aliphatic rings. The zero-order chi connectivity index (χ0) is 33.0. The molecule has 9 aromatic carbocycles. The fourth-order valence-electron chi connectivity index (χ4n) is 7.59. The second-order valence-electron chi connectivity index (χ2n) is 12.9. The summed E-state index contributed by atoms with van der Waals surface area (Å²) in [6.45, 7) is 0. The van der Waals surface area contributed by atoms with Crippen LogP contribution < -0.4 is 4.90 Å². The summed E-state index contributed by atoms with van der Waals surface area (Å²) in [4.78, 5) is 2.32. The quantitative estimate of drug-likeness (QED) is 0.175. The molecule has 0 unspecified atom stereocenters. The van der Waals surface area contributed by atoms with E-state index in [2.05, 4.69) is 181 Å². The van der Waals surface area contributed by atoms with E-state index in [0.717, 1.165) is 39.0 Å². The molecular formula is C48H31NO. The lowest BCUT2D eigenvalue weighted by molar-refractivity contribution is 0.669. The molecule has 0 N–H and O–H groups in total. The van der Waals surface area contributed by atoms with Crippen LogP contribution in [0.2, 0.25) is 0 Å². The van der Waals surface area contributed by atoms with Crippen molar-refractivity contribution >= 4 is 71.3 Å². The molecule has 2 nitrogen and oxygen atoms in total. The van der Waals surface area contributed by atoms with Crippen LogP contribution in [0.4, 0.5) is 17.1 Å². The van der Waals surface area contributed by atoms with Gasteiger partial charge in [-0.1, -0.05) is 140 Å². The van der Waals surface area contributed by atoms with Gasteiger partial charge >= 0.3 is 0 Å². The summed E-state index contributed by atoms with van der Waals surface area (Å²) in [6, 6.07) is 67.5. The number of hydrogen-bond acceptors (Lipinski definition) is 2. The lowest BCUT2D eigenvalue weighted by Crippen LogP contribution is -2.10. The maximum Gasteiger partial charge on any atom is 0.159 e. The maximum atomic E-state index is 6.58. The third-order valence-electron chi connectivity index (χ3n) is 10.0. The number of nitrogens with zero attached hydrogens (tertiary/aromatic N) is 1. The van der Waals surface area contributed by atoms with E-state index in [0.29, 0.717) is 0 Å². The fourth-order valence-corrected chi connectivity index (χ4v) is 7.59. The van der Waals surface area contributed by atoms with Crippen molar-refractivity contribution in [2.75, 3.05) is 4.90 Å². The number of rotatable bonds is 5. The van der Waals surface area contributed by atoms with Crippen LogP contribution in [0.1, 0.15) is 0 Å². The van der Waals surface area contributed by atoms with Gasteiger partial charge in [-0.25, -0.2) is 0 Å². The Kier molecular flexibility index (Phi) is 6.53. The van der Waals surface area contributed by atoms with E-state index in [1.54, 1.807) is 0 Å². The predicted molar refractivity (Wildman–Crippen MR) is 212 cm³/mol. The van der Waals surface area contributed by atoms with Crippen LogP contribution in [0.15, 0.2) is 192 Å². The van der Waals surface area contributed by atoms with Gasteiger partial charge in [-0.05, 0) is 103 Å². The topological polar surface area (TPSA) is 16.4 Å². The van der Waals surface area contributed by atoms with Gasteiger partial charge in [0.25, 0.3) is 0 Å². The SMILES string of the molecule is c1ccc2cc(-c3ccc(N(c4ccc(-c5cc6ccccc6c6ccccc56)cc4)c4cccc5c4oc4ccccc45)cc3)ccc2c1. The molecule has 0 saturated heterocycles. The summed E-state index contributed by atoms with van der Waals surface area (Å²) in [5.74, 6) is 0. The van der Waals surface area contributed by atoms with Gasteiger partial charge in [-0.15, -0.1) is 0 Å². The van der Waals surface area contributed by atoms with Crippen molar-refractivity contribution in [1.82, 2.24) is 0 Å². The van der Waals surface area contributed by atoms with Crippen molar-refractivity contribution in [3.63, 3.8) is 0 Å². The van der Waals surface area contributed by atoms with Gasteiger partial charge in [0.15, 0.2) is 5.58 Å². The zero-order valence-electron chi connectivity index (χ0n) is 27.3. The molecule has 0 spiro atoms. The van der Waals surface area contributed by atoms with E-state index in [1.807, 2.05) is 12.1 Å². The van der Waals surface area contributed by atoms with Gasteiger partial charge in [0, 0.05) is 22.1 Å². The van der Waals surface area contributed by atoms with Gasteiger partial charge in [-0.2, -0.15) is 0 Å². The maximum absolute atomic E-state index is 6.58. The van der Waals surface area contributed by atoms with Crippen LogP contribution in [0, 0.1) is 0 Å². The number of para-hydroxylation sites is 2. The molecule has 0 amide bonds. The van der Waals surface area contributed by atoms with Gasteiger partial charge in [-0.3, -0.25) is 0 Å². The second kappa shape index (κ2) is 11.5. The van der Waals surface area contributed by atoms with Crippen LogP contribution >= 0.6 is 0 Å². The molecule has 0 atom stereocenters. The third-order valence-corrected chi connectivity index (χ3v) is 10.0. The molecule has 0 fully saturated rings. The van der Waals surface area contributed by atoms with Gasteiger partial charge in [0.05, 0.1) is 5.69 Å². The Balaban J connectivity index is 1.12. The van der Waals surface area contributed by atoms with Crippen molar-refractivity contribution in [2.24, 2.45) is 0 Å². The molecule has 1 aromatic heterocycles. The van der Waals surface area contributed by atoms with Crippen LogP contribution in [-0.4, -0.2) is 0 Å². The molecule has 0 radical (unpaired) electrons. The first-order valence-electron chi connectivity index (χ1n) is 17.1. The van der Waals surface area contributed by atoms with E-state index in [-0.39, 0.29) is 0 Å². The van der Waals surface area contributed by atoms with Crippen molar-refractivity contribution in [2.45, 2.75) is 0 Å². The standard InChI is InChI=1S/C48H31NO/c1-2-11-35-30-36(21-20-32(35)10-1)33-22-26-38(27-23-33)49(46-18-9-17-44-43-16-7-8-19-47(43)50-48(44)46)39-28-24-34(25-29-39)45-31-37-12-3-4-13-40(37)41-14-5-6-15-42(41)45/h1-31H. The first kappa shape index (κ1) is 28.4. The number of benzene rings is 9. The summed E-state index contributed by atoms with van der Waals surface area (Å²) in [7, 11) is 0. The van der Waals surface area contributed by atoms with Crippen LogP contribution in [0.3, 0.4) is 0 Å². The summed E-state index contributed by atoms with van der Waals surface area (Å²) in [5.41, 5.74) is 9.68. The van der Waals surface area contributed by atoms with Crippen molar-refractivity contribution < 1.29 is 4.42 Å². The van der Waals surface area contributed by atoms with Crippen LogP contribution in [0.25, 0.3) is 76.5 Å². The monoisotopic (exact) mass is 637 g/mol. The van der Waals surface area contributed by atoms with E-state index >= 15 is 0 Å². The normalized spacial score (nSPS) is 11.6. The van der Waals surface area contributed by atoms with E-state index in [4.69, 9.17) is 4.42 Å². The van der Waals surface area contributed by atoms with E-state index in [9.17, 15) is 0 Å². The molecule has 0 bridgehead atoms. The number of fused-ring (bicyclic) bond motifs is 7. The summed E-state index contributed by atoms with van der Waals surface area (Å²) in [6.07, 6.45) is 0. The van der Waals surface area contributed by atoms with Gasteiger partial charge in [0.1, 0.15) is 5.58 Å². The minimum atomic E-state index is 0.872. The Labute approximate surface area is 290 Å². The Morgan fingerprint density at radius 3 is 1.70 bits per heavy atom. The second-order valence-corrected chi connectivity index (χ2v) is 12.9. The molecule has 0 aliphatic heterocycles. The van der Waals surface area contributed by atoms with Crippen LogP contribution in [-0.2, 0) is 0 Å². The minimum Gasteiger partial charge on any atom is -0.454 e. The summed E-state index contributed by atoms with van der Waals surface area (Å²) in [5, 5.41) is 9.77. The Morgan fingerprint density at radius 1 is 0.340 bits per heavy atom. The third kappa shape index (κ3) is 4.65. The van der Waals surface area contributed by atoms with E-state index in [1.165, 1.54) is 54.6 Å².